The van der Waals surface area contributed by atoms with Crippen LogP contribution in [-0.4, -0.2) is 16.5 Å². The minimum atomic E-state index is 0.394. The molecule has 0 saturated carbocycles. The summed E-state index contributed by atoms with van der Waals surface area (Å²) < 4.78 is 5.63. The van der Waals surface area contributed by atoms with Gasteiger partial charge in [-0.15, -0.1) is 0 Å². The second kappa shape index (κ2) is 7.48. The van der Waals surface area contributed by atoms with Crippen molar-refractivity contribution in [2.45, 2.75) is 26.5 Å². The third kappa shape index (κ3) is 4.67. The summed E-state index contributed by atoms with van der Waals surface area (Å²) in [4.78, 5) is 8.68. The molecule has 100 valence electrons. The van der Waals surface area contributed by atoms with Gasteiger partial charge in [-0.25, -0.2) is 9.97 Å². The highest BCUT2D eigenvalue weighted by Crippen LogP contribution is 2.10. The molecule has 1 heterocycles. The third-order valence-electron chi connectivity index (χ3n) is 2.61. The highest BCUT2D eigenvalue weighted by Gasteiger charge is 2.00. The van der Waals surface area contributed by atoms with E-state index in [-0.39, 0.29) is 0 Å². The normalized spacial score (nSPS) is 10.4. The Morgan fingerprint density at radius 3 is 2.79 bits per heavy atom. The molecule has 0 amide bonds. The summed E-state index contributed by atoms with van der Waals surface area (Å²) in [7, 11) is 0. The van der Waals surface area contributed by atoms with Gasteiger partial charge >= 0.3 is 0 Å². The fourth-order valence-corrected chi connectivity index (χ4v) is 1.67. The highest BCUT2D eigenvalue weighted by molar-refractivity contribution is 5.21. The van der Waals surface area contributed by atoms with E-state index in [0.29, 0.717) is 12.4 Å². The molecule has 1 aromatic carbocycles. The lowest BCUT2D eigenvalue weighted by Gasteiger charge is -2.07. The minimum Gasteiger partial charge on any atom is -0.486 e. The summed E-state index contributed by atoms with van der Waals surface area (Å²) in [5.74, 6) is 1.54. The molecule has 0 saturated heterocycles. The van der Waals surface area contributed by atoms with E-state index in [2.05, 4.69) is 22.2 Å². The van der Waals surface area contributed by atoms with Gasteiger partial charge in [-0.3, -0.25) is 0 Å². The standard InChI is InChI=1S/C15H19N3O/c1-2-9-16-11-13-8-10-17-15(18-13)12-19-14-6-4-3-5-7-14/h3-8,10,16H,2,9,11-12H2,1H3. The first kappa shape index (κ1) is 13.5. The maximum Gasteiger partial charge on any atom is 0.166 e. The van der Waals surface area contributed by atoms with Crippen molar-refractivity contribution in [1.29, 1.82) is 0 Å². The Labute approximate surface area is 113 Å². The second-order valence-electron chi connectivity index (χ2n) is 4.24. The van der Waals surface area contributed by atoms with Gasteiger partial charge in [0, 0.05) is 12.7 Å². The van der Waals surface area contributed by atoms with Crippen molar-refractivity contribution in [3.05, 3.63) is 54.1 Å². The topological polar surface area (TPSA) is 47.0 Å². The molecule has 0 aliphatic carbocycles. The highest BCUT2D eigenvalue weighted by atomic mass is 16.5. The van der Waals surface area contributed by atoms with Crippen LogP contribution in [0.25, 0.3) is 0 Å². The minimum absolute atomic E-state index is 0.394. The summed E-state index contributed by atoms with van der Waals surface area (Å²) in [5, 5.41) is 3.32. The number of hydrogen-bond donors (Lipinski definition) is 1. The van der Waals surface area contributed by atoms with Crippen molar-refractivity contribution < 1.29 is 4.74 Å². The number of benzene rings is 1. The smallest absolute Gasteiger partial charge is 0.166 e. The predicted molar refractivity (Wildman–Crippen MR) is 74.8 cm³/mol. The summed E-state index contributed by atoms with van der Waals surface area (Å²) >= 11 is 0. The van der Waals surface area contributed by atoms with E-state index in [9.17, 15) is 0 Å². The fraction of sp³-hybridized carbons (Fsp3) is 0.333. The molecule has 1 aromatic heterocycles. The molecule has 2 rings (SSSR count). The van der Waals surface area contributed by atoms with Crippen LogP contribution < -0.4 is 10.1 Å². The zero-order valence-corrected chi connectivity index (χ0v) is 11.2. The van der Waals surface area contributed by atoms with Gasteiger partial charge in [-0.2, -0.15) is 0 Å². The zero-order chi connectivity index (χ0) is 13.3. The van der Waals surface area contributed by atoms with E-state index in [4.69, 9.17) is 4.74 Å². The third-order valence-corrected chi connectivity index (χ3v) is 2.61. The maximum atomic E-state index is 5.63. The van der Waals surface area contributed by atoms with Gasteiger partial charge in [-0.05, 0) is 31.2 Å². The van der Waals surface area contributed by atoms with Gasteiger partial charge in [0.1, 0.15) is 12.4 Å². The van der Waals surface area contributed by atoms with Crippen molar-refractivity contribution in [2.75, 3.05) is 6.54 Å². The molecule has 19 heavy (non-hydrogen) atoms. The lowest BCUT2D eigenvalue weighted by Crippen LogP contribution is -2.15. The average Bonchev–Trinajstić information content (AvgIpc) is 2.47. The summed E-state index contributed by atoms with van der Waals surface area (Å²) in [6.45, 7) is 4.31. The molecular weight excluding hydrogens is 238 g/mol. The average molecular weight is 257 g/mol. The van der Waals surface area contributed by atoms with Crippen LogP contribution >= 0.6 is 0 Å². The lowest BCUT2D eigenvalue weighted by molar-refractivity contribution is 0.295. The zero-order valence-electron chi connectivity index (χ0n) is 11.2. The van der Waals surface area contributed by atoms with Crippen LogP contribution in [0.15, 0.2) is 42.6 Å². The monoisotopic (exact) mass is 257 g/mol. The molecular formula is C15H19N3O. The Morgan fingerprint density at radius 1 is 1.16 bits per heavy atom. The number of nitrogens with one attached hydrogen (secondary N) is 1. The lowest BCUT2D eigenvalue weighted by atomic mass is 10.3. The van der Waals surface area contributed by atoms with Gasteiger partial charge in [0.05, 0.1) is 5.69 Å². The van der Waals surface area contributed by atoms with Gasteiger partial charge in [0.2, 0.25) is 0 Å². The molecule has 1 N–H and O–H groups in total. The molecule has 0 fully saturated rings. The Morgan fingerprint density at radius 2 is 2.00 bits per heavy atom. The van der Waals surface area contributed by atoms with Crippen molar-refractivity contribution >= 4 is 0 Å². The van der Waals surface area contributed by atoms with Gasteiger partial charge in [-0.1, -0.05) is 25.1 Å². The van der Waals surface area contributed by atoms with Crippen LogP contribution in [0.2, 0.25) is 0 Å². The molecule has 0 radical (unpaired) electrons. The summed E-state index contributed by atoms with van der Waals surface area (Å²) in [5.41, 5.74) is 0.995. The van der Waals surface area contributed by atoms with Gasteiger partial charge < -0.3 is 10.1 Å². The first-order chi connectivity index (χ1) is 9.38. The SMILES string of the molecule is CCCNCc1ccnc(COc2ccccc2)n1. The van der Waals surface area contributed by atoms with E-state index in [1.165, 1.54) is 0 Å². The van der Waals surface area contributed by atoms with Crippen LogP contribution in [0.1, 0.15) is 24.9 Å². The van der Waals surface area contributed by atoms with E-state index in [1.807, 2.05) is 36.4 Å². The Balaban J connectivity index is 1.88. The van der Waals surface area contributed by atoms with Crippen molar-refractivity contribution in [1.82, 2.24) is 15.3 Å². The molecule has 0 unspecified atom stereocenters. The number of ether oxygens (including phenoxy) is 1. The number of para-hydroxylation sites is 1. The van der Waals surface area contributed by atoms with E-state index in [0.717, 1.165) is 31.0 Å². The van der Waals surface area contributed by atoms with Crippen LogP contribution in [-0.2, 0) is 13.2 Å². The summed E-state index contributed by atoms with van der Waals surface area (Å²) in [6, 6.07) is 11.6. The van der Waals surface area contributed by atoms with Gasteiger partial charge in [0.25, 0.3) is 0 Å². The van der Waals surface area contributed by atoms with Crippen LogP contribution in [0.3, 0.4) is 0 Å². The van der Waals surface area contributed by atoms with Gasteiger partial charge in [0.15, 0.2) is 5.82 Å². The molecule has 0 aliphatic rings. The summed E-state index contributed by atoms with van der Waals surface area (Å²) in [6.07, 6.45) is 2.90. The number of aromatic nitrogens is 2. The molecule has 2 aromatic rings. The molecule has 4 heteroatoms. The quantitative estimate of drug-likeness (QED) is 0.774. The molecule has 0 aliphatic heterocycles. The maximum absolute atomic E-state index is 5.63. The Hall–Kier alpha value is -1.94. The van der Waals surface area contributed by atoms with E-state index >= 15 is 0 Å². The number of nitrogens with zero attached hydrogens (tertiary/aromatic N) is 2. The van der Waals surface area contributed by atoms with Crippen LogP contribution in [0.5, 0.6) is 5.75 Å². The van der Waals surface area contributed by atoms with Crippen molar-refractivity contribution in [3.63, 3.8) is 0 Å². The second-order valence-corrected chi connectivity index (χ2v) is 4.24. The number of hydrogen-bond acceptors (Lipinski definition) is 4. The van der Waals surface area contributed by atoms with Crippen molar-refractivity contribution in [3.8, 4) is 5.75 Å². The number of rotatable bonds is 7. The predicted octanol–water partition coefficient (Wildman–Crippen LogP) is 2.56. The van der Waals surface area contributed by atoms with Crippen LogP contribution in [0.4, 0.5) is 0 Å². The van der Waals surface area contributed by atoms with E-state index < -0.39 is 0 Å². The first-order valence-corrected chi connectivity index (χ1v) is 6.58. The largest absolute Gasteiger partial charge is 0.486 e. The van der Waals surface area contributed by atoms with Crippen LogP contribution in [0, 0.1) is 0 Å². The first-order valence-electron chi connectivity index (χ1n) is 6.58. The Bertz CT molecular complexity index is 488. The molecule has 0 atom stereocenters. The molecule has 0 bridgehead atoms. The molecule has 0 spiro atoms. The van der Waals surface area contributed by atoms with Crippen molar-refractivity contribution in [2.24, 2.45) is 0 Å². The van der Waals surface area contributed by atoms with E-state index in [1.54, 1.807) is 6.20 Å². The Kier molecular flexibility index (Phi) is 5.31. The fourth-order valence-electron chi connectivity index (χ4n) is 1.67. The molecule has 4 nitrogen and oxygen atoms in total.